The van der Waals surface area contributed by atoms with E-state index < -0.39 is 0 Å². The van der Waals surface area contributed by atoms with Crippen molar-refractivity contribution in [2.45, 2.75) is 50.6 Å². The highest BCUT2D eigenvalue weighted by Crippen LogP contribution is 2.29. The molecule has 1 aliphatic heterocycles. The summed E-state index contributed by atoms with van der Waals surface area (Å²) in [6.45, 7) is 3.97. The van der Waals surface area contributed by atoms with Crippen LogP contribution in [-0.4, -0.2) is 56.2 Å². The normalized spacial score (nSPS) is 18.4. The zero-order valence-electron chi connectivity index (χ0n) is 18.0. The second-order valence-corrected chi connectivity index (χ2v) is 8.27. The molecule has 0 amide bonds. The average molecular weight is 411 g/mol. The number of nitrogens with zero attached hydrogens (tertiary/aromatic N) is 2. The van der Waals surface area contributed by atoms with E-state index in [-0.39, 0.29) is 0 Å². The standard InChI is InChI=1S/C24H34N4O2/c1-29-22-8-4-19(5-9-22)10-14-25-24(26-15-11-23-3-2-18-30-23)27-20-12-16-28(17-13-20)21-6-7-21/h2-5,8-9,18,20-21H,6-7,10-17H2,1H3,(H2,25,26,27). The van der Waals surface area contributed by atoms with Crippen LogP contribution in [0.25, 0.3) is 0 Å². The summed E-state index contributed by atoms with van der Waals surface area (Å²) in [6.07, 6.45) is 8.65. The van der Waals surface area contributed by atoms with E-state index in [9.17, 15) is 0 Å². The molecule has 0 radical (unpaired) electrons. The molecule has 162 valence electrons. The molecular formula is C24H34N4O2. The van der Waals surface area contributed by atoms with E-state index in [1.165, 1.54) is 44.3 Å². The van der Waals surface area contributed by atoms with Crippen molar-refractivity contribution in [3.8, 4) is 5.75 Å². The molecule has 0 spiro atoms. The second kappa shape index (κ2) is 10.5. The zero-order chi connectivity index (χ0) is 20.6. The number of nitrogens with one attached hydrogen (secondary N) is 2. The summed E-state index contributed by atoms with van der Waals surface area (Å²) in [7, 11) is 1.70. The largest absolute Gasteiger partial charge is 0.497 e. The Kier molecular flexibility index (Phi) is 7.29. The van der Waals surface area contributed by atoms with Gasteiger partial charge in [0, 0.05) is 44.7 Å². The maximum atomic E-state index is 5.44. The fraction of sp³-hybridized carbons (Fsp3) is 0.542. The number of rotatable bonds is 9. The van der Waals surface area contributed by atoms with Crippen molar-refractivity contribution in [2.75, 3.05) is 33.3 Å². The van der Waals surface area contributed by atoms with Crippen LogP contribution in [0.4, 0.5) is 0 Å². The molecule has 6 heteroatoms. The van der Waals surface area contributed by atoms with Gasteiger partial charge in [-0.3, -0.25) is 4.99 Å². The molecule has 1 aromatic carbocycles. The second-order valence-electron chi connectivity index (χ2n) is 8.27. The van der Waals surface area contributed by atoms with Crippen LogP contribution in [0.1, 0.15) is 37.0 Å². The third-order valence-electron chi connectivity index (χ3n) is 6.01. The highest BCUT2D eigenvalue weighted by Gasteiger charge is 2.31. The Morgan fingerprint density at radius 1 is 1.10 bits per heavy atom. The van der Waals surface area contributed by atoms with Gasteiger partial charge < -0.3 is 24.7 Å². The van der Waals surface area contributed by atoms with Gasteiger partial charge in [-0.1, -0.05) is 12.1 Å². The summed E-state index contributed by atoms with van der Waals surface area (Å²) in [5.74, 6) is 2.79. The van der Waals surface area contributed by atoms with E-state index in [1.54, 1.807) is 13.4 Å². The Morgan fingerprint density at radius 2 is 1.90 bits per heavy atom. The van der Waals surface area contributed by atoms with Gasteiger partial charge in [-0.2, -0.15) is 0 Å². The summed E-state index contributed by atoms with van der Waals surface area (Å²) in [6, 6.07) is 13.6. The van der Waals surface area contributed by atoms with Gasteiger partial charge in [0.15, 0.2) is 5.96 Å². The van der Waals surface area contributed by atoms with Crippen LogP contribution in [0.15, 0.2) is 52.1 Å². The molecule has 0 unspecified atom stereocenters. The third kappa shape index (κ3) is 6.26. The number of aliphatic imine (C=N–C) groups is 1. The van der Waals surface area contributed by atoms with Gasteiger partial charge in [-0.25, -0.2) is 0 Å². The van der Waals surface area contributed by atoms with Gasteiger partial charge >= 0.3 is 0 Å². The molecule has 1 saturated carbocycles. The van der Waals surface area contributed by atoms with Gasteiger partial charge in [-0.15, -0.1) is 0 Å². The lowest BCUT2D eigenvalue weighted by molar-refractivity contribution is 0.197. The van der Waals surface area contributed by atoms with Crippen LogP contribution in [0.5, 0.6) is 5.75 Å². The molecule has 1 aliphatic carbocycles. The van der Waals surface area contributed by atoms with Gasteiger partial charge in [0.25, 0.3) is 0 Å². The first-order chi connectivity index (χ1) is 14.8. The Hall–Kier alpha value is -2.47. The number of ether oxygens (including phenoxy) is 1. The predicted molar refractivity (Wildman–Crippen MR) is 120 cm³/mol. The molecule has 0 atom stereocenters. The van der Waals surface area contributed by atoms with E-state index in [0.717, 1.165) is 42.9 Å². The zero-order valence-corrected chi connectivity index (χ0v) is 18.0. The highest BCUT2D eigenvalue weighted by molar-refractivity contribution is 5.80. The molecule has 2 fully saturated rings. The molecular weight excluding hydrogens is 376 g/mol. The number of methoxy groups -OCH3 is 1. The number of hydrogen-bond donors (Lipinski definition) is 2. The van der Waals surface area contributed by atoms with E-state index in [1.807, 2.05) is 24.3 Å². The molecule has 2 aliphatic rings. The summed E-state index contributed by atoms with van der Waals surface area (Å²) in [5, 5.41) is 7.22. The smallest absolute Gasteiger partial charge is 0.191 e. The topological polar surface area (TPSA) is 62.0 Å². The first-order valence-corrected chi connectivity index (χ1v) is 11.2. The maximum absolute atomic E-state index is 5.44. The molecule has 30 heavy (non-hydrogen) atoms. The molecule has 2 heterocycles. The Bertz CT molecular complexity index is 776. The minimum atomic E-state index is 0.496. The number of guanidine groups is 1. The van der Waals surface area contributed by atoms with Gasteiger partial charge in [0.2, 0.25) is 0 Å². The number of likely N-dealkylation sites (tertiary alicyclic amines) is 1. The fourth-order valence-corrected chi connectivity index (χ4v) is 4.04. The lowest BCUT2D eigenvalue weighted by Crippen LogP contribution is -2.49. The summed E-state index contributed by atoms with van der Waals surface area (Å²) in [4.78, 5) is 7.47. The van der Waals surface area contributed by atoms with Crippen molar-refractivity contribution in [2.24, 2.45) is 4.99 Å². The van der Waals surface area contributed by atoms with Crippen molar-refractivity contribution >= 4 is 5.96 Å². The summed E-state index contributed by atoms with van der Waals surface area (Å²) in [5.41, 5.74) is 1.29. The Morgan fingerprint density at radius 3 is 2.57 bits per heavy atom. The SMILES string of the molecule is COc1ccc(CCNC(=NCCc2ccco2)NC2CCN(C3CC3)CC2)cc1. The Labute approximate surface area is 179 Å². The summed E-state index contributed by atoms with van der Waals surface area (Å²) < 4.78 is 10.7. The summed E-state index contributed by atoms with van der Waals surface area (Å²) >= 11 is 0. The first-order valence-electron chi connectivity index (χ1n) is 11.2. The number of benzene rings is 1. The van der Waals surface area contributed by atoms with Crippen molar-refractivity contribution < 1.29 is 9.15 Å². The molecule has 2 aromatic rings. The first kappa shape index (κ1) is 20.8. The van der Waals surface area contributed by atoms with E-state index in [2.05, 4.69) is 27.7 Å². The number of furan rings is 1. The van der Waals surface area contributed by atoms with Crippen molar-refractivity contribution in [1.29, 1.82) is 0 Å². The van der Waals surface area contributed by atoms with Crippen LogP contribution in [-0.2, 0) is 12.8 Å². The van der Waals surface area contributed by atoms with E-state index in [0.29, 0.717) is 12.6 Å². The highest BCUT2D eigenvalue weighted by atomic mass is 16.5. The van der Waals surface area contributed by atoms with E-state index >= 15 is 0 Å². The lowest BCUT2D eigenvalue weighted by atomic mass is 10.1. The van der Waals surface area contributed by atoms with Crippen LogP contribution >= 0.6 is 0 Å². The number of hydrogen-bond acceptors (Lipinski definition) is 4. The molecule has 6 nitrogen and oxygen atoms in total. The van der Waals surface area contributed by atoms with Crippen molar-refractivity contribution in [3.05, 3.63) is 54.0 Å². The van der Waals surface area contributed by atoms with Crippen molar-refractivity contribution in [3.63, 3.8) is 0 Å². The molecule has 4 rings (SSSR count). The predicted octanol–water partition coefficient (Wildman–Crippen LogP) is 3.24. The lowest BCUT2D eigenvalue weighted by Gasteiger charge is -2.33. The third-order valence-corrected chi connectivity index (χ3v) is 6.01. The fourth-order valence-electron chi connectivity index (χ4n) is 4.04. The molecule has 2 N–H and O–H groups in total. The molecule has 1 saturated heterocycles. The van der Waals surface area contributed by atoms with Gasteiger partial charge in [0.1, 0.15) is 11.5 Å². The minimum Gasteiger partial charge on any atom is -0.497 e. The molecule has 1 aromatic heterocycles. The number of piperidine rings is 1. The quantitative estimate of drug-likeness (QED) is 0.491. The van der Waals surface area contributed by atoms with Crippen LogP contribution < -0.4 is 15.4 Å². The minimum absolute atomic E-state index is 0.496. The van der Waals surface area contributed by atoms with Gasteiger partial charge in [0.05, 0.1) is 13.4 Å². The monoisotopic (exact) mass is 410 g/mol. The Balaban J connectivity index is 1.27. The van der Waals surface area contributed by atoms with E-state index in [4.69, 9.17) is 14.1 Å². The van der Waals surface area contributed by atoms with Crippen LogP contribution in [0, 0.1) is 0 Å². The maximum Gasteiger partial charge on any atom is 0.191 e. The van der Waals surface area contributed by atoms with Crippen LogP contribution in [0.2, 0.25) is 0 Å². The van der Waals surface area contributed by atoms with Crippen molar-refractivity contribution in [1.82, 2.24) is 15.5 Å². The van der Waals surface area contributed by atoms with Gasteiger partial charge in [-0.05, 0) is 61.9 Å². The average Bonchev–Trinajstić information content (AvgIpc) is 3.50. The molecule has 0 bridgehead atoms. The van der Waals surface area contributed by atoms with Crippen LogP contribution in [0.3, 0.4) is 0 Å².